The molecule has 1 aromatic carbocycles. The second-order valence-electron chi connectivity index (χ2n) is 5.55. The number of carbonyl (C=O) groups excluding carboxylic acids is 2. The number of ether oxygens (including phenoxy) is 2. The molecule has 0 fully saturated rings. The maximum Gasteiger partial charge on any atom is 0.331 e. The molecule has 1 atom stereocenters. The van der Waals surface area contributed by atoms with Gasteiger partial charge < -0.3 is 19.7 Å². The lowest BCUT2D eigenvalue weighted by molar-refractivity contribution is -0.142. The van der Waals surface area contributed by atoms with Crippen molar-refractivity contribution in [2.45, 2.75) is 18.9 Å². The Hall–Kier alpha value is -2.86. The van der Waals surface area contributed by atoms with Gasteiger partial charge >= 0.3 is 5.97 Å². The van der Waals surface area contributed by atoms with Crippen molar-refractivity contribution in [3.05, 3.63) is 59.7 Å². The van der Waals surface area contributed by atoms with Crippen molar-refractivity contribution in [1.29, 1.82) is 0 Å². The Balaban J connectivity index is 1.76. The van der Waals surface area contributed by atoms with Gasteiger partial charge in [0.1, 0.15) is 0 Å². The van der Waals surface area contributed by atoms with Gasteiger partial charge in [-0.3, -0.25) is 4.79 Å². The molecule has 25 heavy (non-hydrogen) atoms. The Labute approximate surface area is 145 Å². The van der Waals surface area contributed by atoms with Crippen molar-refractivity contribution in [3.63, 3.8) is 0 Å². The third-order valence-corrected chi connectivity index (χ3v) is 3.62. The maximum absolute atomic E-state index is 11.8. The summed E-state index contributed by atoms with van der Waals surface area (Å²) in [6, 6.07) is 4.11. The summed E-state index contributed by atoms with van der Waals surface area (Å²) < 4.78 is 10.1. The third kappa shape index (κ3) is 5.93. The summed E-state index contributed by atoms with van der Waals surface area (Å²) in [6.45, 7) is -0.356. The molecule has 0 heterocycles. The van der Waals surface area contributed by atoms with Crippen LogP contribution in [-0.4, -0.2) is 41.8 Å². The van der Waals surface area contributed by atoms with E-state index < -0.39 is 5.97 Å². The van der Waals surface area contributed by atoms with E-state index in [1.54, 1.807) is 13.2 Å². The van der Waals surface area contributed by atoms with E-state index >= 15 is 0 Å². The molecule has 132 valence electrons. The van der Waals surface area contributed by atoms with Gasteiger partial charge in [-0.25, -0.2) is 4.79 Å². The van der Waals surface area contributed by atoms with E-state index in [9.17, 15) is 19.8 Å². The minimum absolute atomic E-state index is 0.00285. The number of hydrogen-bond acceptors (Lipinski definition) is 6. The van der Waals surface area contributed by atoms with E-state index in [1.165, 1.54) is 24.3 Å². The van der Waals surface area contributed by atoms with Gasteiger partial charge in [0.25, 0.3) is 0 Å². The molecule has 1 unspecified atom stereocenters. The van der Waals surface area contributed by atoms with E-state index in [-0.39, 0.29) is 36.4 Å². The SMILES string of the molecule is COC1C=CC(/C=C/C(=O)OCC(=O)Cc2ccc(O)c(O)c2)=CC1. The smallest absolute Gasteiger partial charge is 0.331 e. The van der Waals surface area contributed by atoms with Crippen molar-refractivity contribution in [2.24, 2.45) is 0 Å². The Kier molecular flexibility index (Phi) is 6.54. The number of phenolic OH excluding ortho intramolecular Hbond substituents is 2. The van der Waals surface area contributed by atoms with Crippen LogP contribution < -0.4 is 0 Å². The minimum atomic E-state index is -0.606. The first kappa shape index (κ1) is 18.5. The molecule has 0 aromatic heterocycles. The van der Waals surface area contributed by atoms with Crippen LogP contribution in [0.15, 0.2) is 54.2 Å². The fraction of sp³-hybridized carbons (Fsp3) is 0.263. The first-order chi connectivity index (χ1) is 12.0. The Morgan fingerprint density at radius 1 is 1.28 bits per heavy atom. The lowest BCUT2D eigenvalue weighted by atomic mass is 10.0. The van der Waals surface area contributed by atoms with Crippen LogP contribution in [0, 0.1) is 0 Å². The summed E-state index contributed by atoms with van der Waals surface area (Å²) in [5.41, 5.74) is 1.40. The Morgan fingerprint density at radius 2 is 2.08 bits per heavy atom. The number of hydrogen-bond donors (Lipinski definition) is 2. The predicted octanol–water partition coefficient (Wildman–Crippen LogP) is 2.21. The van der Waals surface area contributed by atoms with E-state index in [1.807, 2.05) is 18.2 Å². The van der Waals surface area contributed by atoms with Crippen LogP contribution >= 0.6 is 0 Å². The van der Waals surface area contributed by atoms with Crippen molar-refractivity contribution in [1.82, 2.24) is 0 Å². The monoisotopic (exact) mass is 344 g/mol. The molecule has 0 spiro atoms. The number of allylic oxidation sites excluding steroid dienone is 3. The summed E-state index contributed by atoms with van der Waals surface area (Å²) in [5.74, 6) is -1.47. The number of phenols is 2. The number of carbonyl (C=O) groups is 2. The van der Waals surface area contributed by atoms with Crippen LogP contribution in [0.2, 0.25) is 0 Å². The summed E-state index contributed by atoms with van der Waals surface area (Å²) in [6.07, 6.45) is 9.37. The number of benzene rings is 1. The van der Waals surface area contributed by atoms with E-state index in [2.05, 4.69) is 0 Å². The highest BCUT2D eigenvalue weighted by molar-refractivity contribution is 5.87. The molecule has 1 aromatic rings. The molecule has 0 aliphatic heterocycles. The molecule has 6 nitrogen and oxygen atoms in total. The highest BCUT2D eigenvalue weighted by Gasteiger charge is 2.09. The van der Waals surface area contributed by atoms with E-state index in [0.29, 0.717) is 5.56 Å². The van der Waals surface area contributed by atoms with Crippen LogP contribution in [0.4, 0.5) is 0 Å². The molecular weight excluding hydrogens is 324 g/mol. The minimum Gasteiger partial charge on any atom is -0.504 e. The van der Waals surface area contributed by atoms with Gasteiger partial charge in [-0.05, 0) is 35.8 Å². The van der Waals surface area contributed by atoms with Gasteiger partial charge in [-0.15, -0.1) is 0 Å². The second-order valence-corrected chi connectivity index (χ2v) is 5.55. The Morgan fingerprint density at radius 3 is 2.72 bits per heavy atom. The summed E-state index contributed by atoms with van der Waals surface area (Å²) in [5, 5.41) is 18.6. The predicted molar refractivity (Wildman–Crippen MR) is 91.2 cm³/mol. The first-order valence-corrected chi connectivity index (χ1v) is 7.76. The molecule has 1 aliphatic carbocycles. The zero-order valence-corrected chi connectivity index (χ0v) is 13.8. The third-order valence-electron chi connectivity index (χ3n) is 3.62. The molecule has 2 rings (SSSR count). The quantitative estimate of drug-likeness (QED) is 0.447. The average molecular weight is 344 g/mol. The number of aromatic hydroxyl groups is 2. The normalized spacial score (nSPS) is 16.7. The van der Waals surface area contributed by atoms with Gasteiger partial charge in [0.15, 0.2) is 23.9 Å². The van der Waals surface area contributed by atoms with Crippen LogP contribution in [0.1, 0.15) is 12.0 Å². The summed E-state index contributed by atoms with van der Waals surface area (Å²) in [7, 11) is 1.64. The van der Waals surface area contributed by atoms with Crippen LogP contribution in [0.3, 0.4) is 0 Å². The molecule has 0 bridgehead atoms. The van der Waals surface area contributed by atoms with Crippen molar-refractivity contribution in [2.75, 3.05) is 13.7 Å². The fourth-order valence-electron chi connectivity index (χ4n) is 2.24. The standard InChI is InChI=1S/C19H20O6/c1-24-16-6-2-13(3-7-16)5-9-19(23)25-12-15(20)10-14-4-8-17(21)18(22)11-14/h2-6,8-9,11,16,21-22H,7,10,12H2,1H3/b9-5+. The molecule has 6 heteroatoms. The molecule has 1 aliphatic rings. The summed E-state index contributed by atoms with van der Waals surface area (Å²) in [4.78, 5) is 23.5. The van der Waals surface area contributed by atoms with Gasteiger partial charge in [0.2, 0.25) is 0 Å². The number of Topliss-reactive ketones (excluding diaryl/α,β-unsaturated/α-hetero) is 1. The van der Waals surface area contributed by atoms with Crippen molar-refractivity contribution in [3.8, 4) is 11.5 Å². The lowest BCUT2D eigenvalue weighted by Gasteiger charge is -2.12. The Bertz CT molecular complexity index is 729. The first-order valence-electron chi connectivity index (χ1n) is 7.76. The largest absolute Gasteiger partial charge is 0.504 e. The van der Waals surface area contributed by atoms with E-state index in [0.717, 1.165) is 12.0 Å². The zero-order chi connectivity index (χ0) is 18.2. The van der Waals surface area contributed by atoms with Gasteiger partial charge in [0.05, 0.1) is 6.10 Å². The second kappa shape index (κ2) is 8.84. The molecule has 0 saturated carbocycles. The molecule has 0 radical (unpaired) electrons. The van der Waals surface area contributed by atoms with Crippen LogP contribution in [-0.2, 0) is 25.5 Å². The van der Waals surface area contributed by atoms with Gasteiger partial charge in [-0.1, -0.05) is 24.3 Å². The van der Waals surface area contributed by atoms with Gasteiger partial charge in [0, 0.05) is 19.6 Å². The zero-order valence-electron chi connectivity index (χ0n) is 13.8. The number of rotatable bonds is 7. The topological polar surface area (TPSA) is 93.1 Å². The molecule has 2 N–H and O–H groups in total. The summed E-state index contributed by atoms with van der Waals surface area (Å²) >= 11 is 0. The highest BCUT2D eigenvalue weighted by Crippen LogP contribution is 2.25. The fourth-order valence-corrected chi connectivity index (χ4v) is 2.24. The maximum atomic E-state index is 11.8. The van der Waals surface area contributed by atoms with Crippen LogP contribution in [0.25, 0.3) is 0 Å². The lowest BCUT2D eigenvalue weighted by Crippen LogP contribution is -2.14. The molecule has 0 saturated heterocycles. The molecular formula is C19H20O6. The van der Waals surface area contributed by atoms with Crippen molar-refractivity contribution >= 4 is 11.8 Å². The number of esters is 1. The number of ketones is 1. The molecule has 0 amide bonds. The highest BCUT2D eigenvalue weighted by atomic mass is 16.5. The van der Waals surface area contributed by atoms with E-state index in [4.69, 9.17) is 9.47 Å². The van der Waals surface area contributed by atoms with Gasteiger partial charge in [-0.2, -0.15) is 0 Å². The average Bonchev–Trinajstić information content (AvgIpc) is 2.61. The van der Waals surface area contributed by atoms with Crippen molar-refractivity contribution < 1.29 is 29.3 Å². The number of methoxy groups -OCH3 is 1. The van der Waals surface area contributed by atoms with Crippen LogP contribution in [0.5, 0.6) is 11.5 Å².